The lowest BCUT2D eigenvalue weighted by molar-refractivity contribution is 0.0732. The smallest absolute Gasteiger partial charge is 0.254 e. The third kappa shape index (κ3) is 2.70. The molecule has 108 valence electrons. The lowest BCUT2D eigenvalue weighted by Crippen LogP contribution is -2.32. The van der Waals surface area contributed by atoms with E-state index in [1.165, 1.54) is 0 Å². The van der Waals surface area contributed by atoms with Gasteiger partial charge in [0.15, 0.2) is 0 Å². The van der Waals surface area contributed by atoms with Gasteiger partial charge in [-0.2, -0.15) is 0 Å². The van der Waals surface area contributed by atoms with Gasteiger partial charge in [0.05, 0.1) is 6.54 Å². The predicted octanol–water partition coefficient (Wildman–Crippen LogP) is 2.61. The largest absolute Gasteiger partial charge is 0.491 e. The average Bonchev–Trinajstić information content (AvgIpc) is 2.68. The Labute approximate surface area is 124 Å². The first-order chi connectivity index (χ1) is 10.1. The molecule has 3 rings (SSSR count). The van der Waals surface area contributed by atoms with E-state index in [-0.39, 0.29) is 5.91 Å². The fourth-order valence-corrected chi connectivity index (χ4v) is 2.60. The molecule has 1 aliphatic rings. The Morgan fingerprint density at radius 2 is 2.05 bits per heavy atom. The van der Waals surface area contributed by atoms with Crippen LogP contribution in [0.3, 0.4) is 0 Å². The van der Waals surface area contributed by atoms with Crippen LogP contribution in [0.15, 0.2) is 42.5 Å². The summed E-state index contributed by atoms with van der Waals surface area (Å²) in [6, 6.07) is 13.2. The van der Waals surface area contributed by atoms with Crippen molar-refractivity contribution in [3.63, 3.8) is 0 Å². The Morgan fingerprint density at radius 3 is 2.86 bits per heavy atom. The van der Waals surface area contributed by atoms with Gasteiger partial charge >= 0.3 is 0 Å². The summed E-state index contributed by atoms with van der Waals surface area (Å²) in [6.45, 7) is 3.57. The summed E-state index contributed by atoms with van der Waals surface area (Å²) in [5.41, 5.74) is 9.06. The van der Waals surface area contributed by atoms with Crippen molar-refractivity contribution in [3.8, 4) is 5.75 Å². The second-order valence-corrected chi connectivity index (χ2v) is 5.26. The van der Waals surface area contributed by atoms with Crippen LogP contribution in [-0.2, 0) is 6.54 Å². The van der Waals surface area contributed by atoms with E-state index in [0.717, 1.165) is 16.9 Å². The summed E-state index contributed by atoms with van der Waals surface area (Å²) in [6.07, 6.45) is 0. The van der Waals surface area contributed by atoms with Crippen LogP contribution in [0.4, 0.5) is 5.69 Å². The van der Waals surface area contributed by atoms with Crippen LogP contribution in [0.2, 0.25) is 0 Å². The maximum atomic E-state index is 12.7. The van der Waals surface area contributed by atoms with Gasteiger partial charge in [-0.15, -0.1) is 0 Å². The minimum Gasteiger partial charge on any atom is -0.491 e. The number of nitrogens with zero attached hydrogens (tertiary/aromatic N) is 1. The molecule has 0 aliphatic carbocycles. The van der Waals surface area contributed by atoms with E-state index in [1.54, 1.807) is 12.1 Å². The van der Waals surface area contributed by atoms with E-state index < -0.39 is 0 Å². The van der Waals surface area contributed by atoms with Gasteiger partial charge in [-0.25, -0.2) is 0 Å². The number of carbonyl (C=O) groups excluding carboxylic acids is 1. The Balaban J connectivity index is 1.88. The molecule has 0 bridgehead atoms. The SMILES string of the molecule is Cc1cc(N)ccc1C(=O)N1CCOc2ccccc2C1. The van der Waals surface area contributed by atoms with Crippen LogP contribution in [0.5, 0.6) is 5.75 Å². The zero-order valence-electron chi connectivity index (χ0n) is 12.0. The number of amides is 1. The molecule has 2 N–H and O–H groups in total. The second-order valence-electron chi connectivity index (χ2n) is 5.26. The Kier molecular flexibility index (Phi) is 3.52. The molecule has 2 aromatic carbocycles. The summed E-state index contributed by atoms with van der Waals surface area (Å²) >= 11 is 0. The topological polar surface area (TPSA) is 55.6 Å². The molecule has 1 aliphatic heterocycles. The van der Waals surface area contributed by atoms with Crippen LogP contribution >= 0.6 is 0 Å². The number of nitrogens with two attached hydrogens (primary N) is 1. The number of aryl methyl sites for hydroxylation is 1. The third-order valence-corrected chi connectivity index (χ3v) is 3.72. The maximum absolute atomic E-state index is 12.7. The lowest BCUT2D eigenvalue weighted by Gasteiger charge is -2.21. The van der Waals surface area contributed by atoms with Crippen molar-refractivity contribution in [2.45, 2.75) is 13.5 Å². The molecule has 0 saturated heterocycles. The highest BCUT2D eigenvalue weighted by Gasteiger charge is 2.21. The second kappa shape index (κ2) is 5.48. The number of hydrogen-bond donors (Lipinski definition) is 1. The number of anilines is 1. The standard InChI is InChI=1S/C17H18N2O2/c1-12-10-14(18)6-7-15(12)17(20)19-8-9-21-16-5-3-2-4-13(16)11-19/h2-7,10H,8-9,11,18H2,1H3. The summed E-state index contributed by atoms with van der Waals surface area (Å²) in [5.74, 6) is 0.884. The molecule has 0 fully saturated rings. The highest BCUT2D eigenvalue weighted by molar-refractivity contribution is 5.96. The molecular formula is C17H18N2O2. The van der Waals surface area contributed by atoms with E-state index in [0.29, 0.717) is 30.9 Å². The van der Waals surface area contributed by atoms with Crippen molar-refractivity contribution in [1.82, 2.24) is 4.90 Å². The van der Waals surface area contributed by atoms with Gasteiger partial charge in [-0.1, -0.05) is 18.2 Å². The zero-order valence-corrected chi connectivity index (χ0v) is 12.0. The molecule has 2 aromatic rings. The highest BCUT2D eigenvalue weighted by atomic mass is 16.5. The molecule has 1 heterocycles. The van der Waals surface area contributed by atoms with Crippen molar-refractivity contribution in [1.29, 1.82) is 0 Å². The number of rotatable bonds is 1. The van der Waals surface area contributed by atoms with Gasteiger partial charge in [-0.3, -0.25) is 4.79 Å². The molecule has 4 heteroatoms. The van der Waals surface area contributed by atoms with Crippen molar-refractivity contribution < 1.29 is 9.53 Å². The van der Waals surface area contributed by atoms with Crippen molar-refractivity contribution >= 4 is 11.6 Å². The van der Waals surface area contributed by atoms with E-state index in [2.05, 4.69) is 0 Å². The van der Waals surface area contributed by atoms with E-state index >= 15 is 0 Å². The first-order valence-electron chi connectivity index (χ1n) is 7.01. The third-order valence-electron chi connectivity index (χ3n) is 3.72. The normalized spacial score (nSPS) is 14.0. The highest BCUT2D eigenvalue weighted by Crippen LogP contribution is 2.24. The number of hydrogen-bond acceptors (Lipinski definition) is 3. The Morgan fingerprint density at radius 1 is 1.24 bits per heavy atom. The number of fused-ring (bicyclic) bond motifs is 1. The molecule has 4 nitrogen and oxygen atoms in total. The molecule has 1 amide bonds. The molecule has 0 saturated carbocycles. The fourth-order valence-electron chi connectivity index (χ4n) is 2.60. The minimum absolute atomic E-state index is 0.0211. The van der Waals surface area contributed by atoms with Gasteiger partial charge < -0.3 is 15.4 Å². The minimum atomic E-state index is 0.0211. The van der Waals surface area contributed by atoms with E-state index in [9.17, 15) is 4.79 Å². The van der Waals surface area contributed by atoms with Crippen molar-refractivity contribution in [3.05, 3.63) is 59.2 Å². The van der Waals surface area contributed by atoms with E-state index in [4.69, 9.17) is 10.5 Å². The van der Waals surface area contributed by atoms with Gasteiger partial charge in [0.25, 0.3) is 5.91 Å². The number of para-hydroxylation sites is 1. The molecule has 0 unspecified atom stereocenters. The number of carbonyl (C=O) groups is 1. The predicted molar refractivity (Wildman–Crippen MR) is 82.3 cm³/mol. The molecule has 0 spiro atoms. The van der Waals surface area contributed by atoms with Crippen molar-refractivity contribution in [2.24, 2.45) is 0 Å². The van der Waals surface area contributed by atoms with Crippen LogP contribution in [0, 0.1) is 6.92 Å². The fraction of sp³-hybridized carbons (Fsp3) is 0.235. The molecule has 21 heavy (non-hydrogen) atoms. The maximum Gasteiger partial charge on any atom is 0.254 e. The first-order valence-corrected chi connectivity index (χ1v) is 7.01. The lowest BCUT2D eigenvalue weighted by atomic mass is 10.1. The molecule has 0 atom stereocenters. The van der Waals surface area contributed by atoms with Gasteiger partial charge in [0.1, 0.15) is 12.4 Å². The summed E-state index contributed by atoms with van der Waals surface area (Å²) in [7, 11) is 0. The first kappa shape index (κ1) is 13.5. The Bertz CT molecular complexity index is 682. The summed E-state index contributed by atoms with van der Waals surface area (Å²) < 4.78 is 5.70. The quantitative estimate of drug-likeness (QED) is 0.818. The van der Waals surface area contributed by atoms with Gasteiger partial charge in [-0.05, 0) is 36.8 Å². The molecular weight excluding hydrogens is 264 g/mol. The van der Waals surface area contributed by atoms with E-state index in [1.807, 2.05) is 42.2 Å². The summed E-state index contributed by atoms with van der Waals surface area (Å²) in [5, 5.41) is 0. The van der Waals surface area contributed by atoms with Crippen LogP contribution in [0.1, 0.15) is 21.5 Å². The monoisotopic (exact) mass is 282 g/mol. The van der Waals surface area contributed by atoms with Crippen molar-refractivity contribution in [2.75, 3.05) is 18.9 Å². The zero-order chi connectivity index (χ0) is 14.8. The average molecular weight is 282 g/mol. The van der Waals surface area contributed by atoms with Gasteiger partial charge in [0.2, 0.25) is 0 Å². The van der Waals surface area contributed by atoms with Crippen LogP contribution in [-0.4, -0.2) is 24.0 Å². The van der Waals surface area contributed by atoms with Crippen LogP contribution in [0.25, 0.3) is 0 Å². The summed E-state index contributed by atoms with van der Waals surface area (Å²) in [4.78, 5) is 14.5. The Hall–Kier alpha value is -2.49. The number of nitrogen functional groups attached to an aromatic ring is 1. The van der Waals surface area contributed by atoms with Gasteiger partial charge in [0, 0.05) is 23.4 Å². The van der Waals surface area contributed by atoms with Crippen LogP contribution < -0.4 is 10.5 Å². The number of benzene rings is 2. The molecule has 0 aromatic heterocycles. The molecule has 0 radical (unpaired) electrons. The number of ether oxygens (including phenoxy) is 1.